The Kier molecular flexibility index (Phi) is 4.28. The quantitative estimate of drug-likeness (QED) is 0.510. The lowest BCUT2D eigenvalue weighted by molar-refractivity contribution is -0.159. The maximum atomic E-state index is 10.3. The van der Waals surface area contributed by atoms with E-state index in [0.29, 0.717) is 6.42 Å². The number of hydrogen-bond donors (Lipinski definition) is 3. The second kappa shape index (κ2) is 4.71. The summed E-state index contributed by atoms with van der Waals surface area (Å²) in [4.78, 5) is 20.6. The van der Waals surface area contributed by atoms with Gasteiger partial charge in [0.2, 0.25) is 0 Å². The molecule has 0 fully saturated rings. The van der Waals surface area contributed by atoms with Gasteiger partial charge in [-0.25, -0.2) is 0 Å². The van der Waals surface area contributed by atoms with Crippen molar-refractivity contribution in [1.29, 1.82) is 0 Å². The minimum Gasteiger partial charge on any atom is -0.481 e. The SMILES string of the molecule is CCCC(O)C(C(=O)O)C(=O)O. The first-order chi connectivity index (χ1) is 5.50. The van der Waals surface area contributed by atoms with E-state index in [1.807, 2.05) is 0 Å². The molecule has 0 saturated heterocycles. The molecule has 0 amide bonds. The van der Waals surface area contributed by atoms with E-state index >= 15 is 0 Å². The summed E-state index contributed by atoms with van der Waals surface area (Å²) in [6.45, 7) is 1.74. The van der Waals surface area contributed by atoms with Crippen molar-refractivity contribution in [2.45, 2.75) is 25.9 Å². The normalized spacial score (nSPS) is 12.9. The first-order valence-corrected chi connectivity index (χ1v) is 3.64. The van der Waals surface area contributed by atoms with Crippen LogP contribution in [0.4, 0.5) is 0 Å². The van der Waals surface area contributed by atoms with E-state index in [0.717, 1.165) is 0 Å². The standard InChI is InChI=1S/C7H12O5/c1-2-3-4(8)5(6(9)10)7(11)12/h4-5,8H,2-3H2,1H3,(H,9,10)(H,11,12). The van der Waals surface area contributed by atoms with Crippen molar-refractivity contribution in [3.63, 3.8) is 0 Å². The smallest absolute Gasteiger partial charge is 0.320 e. The minimum absolute atomic E-state index is 0.184. The largest absolute Gasteiger partial charge is 0.481 e. The highest BCUT2D eigenvalue weighted by molar-refractivity contribution is 5.93. The molecule has 1 unspecified atom stereocenters. The number of carboxylic acid groups (broad SMARTS) is 2. The number of carboxylic acids is 2. The molecular weight excluding hydrogens is 164 g/mol. The fourth-order valence-corrected chi connectivity index (χ4v) is 0.897. The number of aliphatic carboxylic acids is 2. The summed E-state index contributed by atoms with van der Waals surface area (Å²) >= 11 is 0. The lowest BCUT2D eigenvalue weighted by Gasteiger charge is -2.13. The van der Waals surface area contributed by atoms with Gasteiger partial charge in [0.15, 0.2) is 5.92 Å². The maximum Gasteiger partial charge on any atom is 0.320 e. The Balaban J connectivity index is 4.29. The van der Waals surface area contributed by atoms with Crippen molar-refractivity contribution in [1.82, 2.24) is 0 Å². The maximum absolute atomic E-state index is 10.3. The van der Waals surface area contributed by atoms with E-state index < -0.39 is 24.0 Å². The molecule has 0 rings (SSSR count). The van der Waals surface area contributed by atoms with Crippen LogP contribution in [0, 0.1) is 5.92 Å². The van der Waals surface area contributed by atoms with E-state index in [1.165, 1.54) is 0 Å². The van der Waals surface area contributed by atoms with Gasteiger partial charge in [-0.05, 0) is 6.42 Å². The predicted octanol–water partition coefficient (Wildman–Crippen LogP) is -0.0672. The molecule has 0 aliphatic rings. The van der Waals surface area contributed by atoms with Gasteiger partial charge in [-0.1, -0.05) is 13.3 Å². The Morgan fingerprint density at radius 1 is 1.25 bits per heavy atom. The van der Waals surface area contributed by atoms with Crippen LogP contribution < -0.4 is 0 Å². The van der Waals surface area contributed by atoms with Gasteiger partial charge in [-0.2, -0.15) is 0 Å². The first-order valence-electron chi connectivity index (χ1n) is 3.64. The third-order valence-corrected chi connectivity index (χ3v) is 1.50. The van der Waals surface area contributed by atoms with Crippen molar-refractivity contribution in [2.24, 2.45) is 5.92 Å². The van der Waals surface area contributed by atoms with Crippen LogP contribution in [-0.2, 0) is 9.59 Å². The third-order valence-electron chi connectivity index (χ3n) is 1.50. The highest BCUT2D eigenvalue weighted by Crippen LogP contribution is 2.10. The second-order valence-corrected chi connectivity index (χ2v) is 2.51. The van der Waals surface area contributed by atoms with Gasteiger partial charge in [-0.15, -0.1) is 0 Å². The van der Waals surface area contributed by atoms with Crippen LogP contribution >= 0.6 is 0 Å². The Bertz CT molecular complexity index is 163. The van der Waals surface area contributed by atoms with E-state index in [2.05, 4.69) is 0 Å². The van der Waals surface area contributed by atoms with Gasteiger partial charge in [0.05, 0.1) is 6.10 Å². The Hall–Kier alpha value is -1.10. The molecule has 12 heavy (non-hydrogen) atoms. The molecule has 0 aromatic heterocycles. The molecule has 0 spiro atoms. The Labute approximate surface area is 69.6 Å². The van der Waals surface area contributed by atoms with E-state index in [9.17, 15) is 9.59 Å². The fourth-order valence-electron chi connectivity index (χ4n) is 0.897. The highest BCUT2D eigenvalue weighted by Gasteiger charge is 2.32. The minimum atomic E-state index is -1.70. The molecule has 3 N–H and O–H groups in total. The number of hydrogen-bond acceptors (Lipinski definition) is 3. The number of aliphatic hydroxyl groups excluding tert-OH is 1. The van der Waals surface area contributed by atoms with E-state index in [-0.39, 0.29) is 6.42 Å². The molecular formula is C7H12O5. The van der Waals surface area contributed by atoms with Crippen LogP contribution in [0.3, 0.4) is 0 Å². The summed E-state index contributed by atoms with van der Waals surface area (Å²) in [5.74, 6) is -4.70. The van der Waals surface area contributed by atoms with Gasteiger partial charge in [0.25, 0.3) is 0 Å². The molecule has 0 saturated carbocycles. The van der Waals surface area contributed by atoms with Crippen molar-refractivity contribution in [3.8, 4) is 0 Å². The van der Waals surface area contributed by atoms with Crippen molar-refractivity contribution in [2.75, 3.05) is 0 Å². The summed E-state index contributed by atoms with van der Waals surface area (Å²) < 4.78 is 0. The summed E-state index contributed by atoms with van der Waals surface area (Å²) in [5.41, 5.74) is 0. The van der Waals surface area contributed by atoms with Crippen LogP contribution in [0.25, 0.3) is 0 Å². The zero-order valence-electron chi connectivity index (χ0n) is 6.73. The summed E-state index contributed by atoms with van der Waals surface area (Å²) in [5, 5.41) is 25.9. The predicted molar refractivity (Wildman–Crippen MR) is 39.7 cm³/mol. The van der Waals surface area contributed by atoms with Crippen LogP contribution in [-0.4, -0.2) is 33.4 Å². The summed E-state index contributed by atoms with van der Waals surface area (Å²) in [7, 11) is 0. The van der Waals surface area contributed by atoms with Gasteiger partial charge < -0.3 is 15.3 Å². The number of rotatable bonds is 5. The van der Waals surface area contributed by atoms with E-state index in [4.69, 9.17) is 15.3 Å². The average molecular weight is 176 g/mol. The Morgan fingerprint density at radius 3 is 1.92 bits per heavy atom. The van der Waals surface area contributed by atoms with Crippen LogP contribution in [0.1, 0.15) is 19.8 Å². The molecule has 0 heterocycles. The first kappa shape index (κ1) is 10.9. The molecule has 1 atom stereocenters. The molecule has 70 valence electrons. The third kappa shape index (κ3) is 2.87. The Morgan fingerprint density at radius 2 is 1.67 bits per heavy atom. The van der Waals surface area contributed by atoms with Gasteiger partial charge >= 0.3 is 11.9 Å². The van der Waals surface area contributed by atoms with Crippen molar-refractivity contribution in [3.05, 3.63) is 0 Å². The number of carbonyl (C=O) groups is 2. The molecule has 0 aliphatic carbocycles. The second-order valence-electron chi connectivity index (χ2n) is 2.51. The lowest BCUT2D eigenvalue weighted by Crippen LogP contribution is -2.34. The fraction of sp³-hybridized carbons (Fsp3) is 0.714. The molecule has 0 aliphatic heterocycles. The van der Waals surface area contributed by atoms with Crippen LogP contribution in [0.2, 0.25) is 0 Å². The van der Waals surface area contributed by atoms with Crippen molar-refractivity contribution < 1.29 is 24.9 Å². The summed E-state index contributed by atoms with van der Waals surface area (Å²) in [6.07, 6.45) is -0.563. The molecule has 5 nitrogen and oxygen atoms in total. The monoisotopic (exact) mass is 176 g/mol. The highest BCUT2D eigenvalue weighted by atomic mass is 16.4. The zero-order chi connectivity index (χ0) is 9.72. The topological polar surface area (TPSA) is 94.8 Å². The molecule has 0 aromatic rings. The van der Waals surface area contributed by atoms with Gasteiger partial charge in [-0.3, -0.25) is 9.59 Å². The molecule has 0 radical (unpaired) electrons. The number of aliphatic hydroxyl groups is 1. The molecule has 0 aromatic carbocycles. The van der Waals surface area contributed by atoms with Crippen LogP contribution in [0.5, 0.6) is 0 Å². The summed E-state index contributed by atoms with van der Waals surface area (Å²) in [6, 6.07) is 0. The van der Waals surface area contributed by atoms with Gasteiger partial charge in [0, 0.05) is 0 Å². The average Bonchev–Trinajstić information content (AvgIpc) is 1.85. The van der Waals surface area contributed by atoms with Crippen LogP contribution in [0.15, 0.2) is 0 Å². The van der Waals surface area contributed by atoms with Gasteiger partial charge in [0.1, 0.15) is 0 Å². The van der Waals surface area contributed by atoms with E-state index in [1.54, 1.807) is 6.92 Å². The lowest BCUT2D eigenvalue weighted by atomic mass is 9.99. The molecule has 0 bridgehead atoms. The van der Waals surface area contributed by atoms with Crippen molar-refractivity contribution >= 4 is 11.9 Å². The molecule has 5 heteroatoms. The zero-order valence-corrected chi connectivity index (χ0v) is 6.73.